The van der Waals surface area contributed by atoms with E-state index >= 15 is 0 Å². The van der Waals surface area contributed by atoms with Crippen molar-refractivity contribution in [3.8, 4) is 0 Å². The lowest BCUT2D eigenvalue weighted by atomic mass is 9.85. The summed E-state index contributed by atoms with van der Waals surface area (Å²) >= 11 is 0. The van der Waals surface area contributed by atoms with Crippen LogP contribution < -0.4 is 0 Å². The van der Waals surface area contributed by atoms with Gasteiger partial charge in [-0.15, -0.1) is 0 Å². The summed E-state index contributed by atoms with van der Waals surface area (Å²) in [7, 11) is 0. The van der Waals surface area contributed by atoms with Crippen LogP contribution in [0.25, 0.3) is 0 Å². The number of hydrogen-bond acceptors (Lipinski definition) is 1. The molecule has 0 bridgehead atoms. The number of ether oxygens (including phenoxy) is 1. The Labute approximate surface area is 69.4 Å². The molecule has 2 atom stereocenters. The normalized spacial score (nSPS) is 32.4. The van der Waals surface area contributed by atoms with Crippen LogP contribution in [0.5, 0.6) is 0 Å². The molecule has 1 aliphatic rings. The van der Waals surface area contributed by atoms with E-state index in [1.54, 1.807) is 0 Å². The summed E-state index contributed by atoms with van der Waals surface area (Å²) in [6.07, 6.45) is 3.98. The second-order valence-corrected chi connectivity index (χ2v) is 3.48. The SMILES string of the molecule is C=C1CCC(C)CC1OCC. The molecular weight excluding hydrogens is 136 g/mol. The molecule has 0 heterocycles. The zero-order valence-electron chi connectivity index (χ0n) is 7.60. The Hall–Kier alpha value is -0.300. The number of hydrogen-bond donors (Lipinski definition) is 0. The topological polar surface area (TPSA) is 9.23 Å². The molecule has 0 aromatic rings. The van der Waals surface area contributed by atoms with Gasteiger partial charge in [0.05, 0.1) is 6.10 Å². The Morgan fingerprint density at radius 1 is 1.64 bits per heavy atom. The second-order valence-electron chi connectivity index (χ2n) is 3.48. The highest BCUT2D eigenvalue weighted by molar-refractivity contribution is 5.06. The molecule has 1 aliphatic carbocycles. The van der Waals surface area contributed by atoms with Gasteiger partial charge in [-0.3, -0.25) is 0 Å². The van der Waals surface area contributed by atoms with Gasteiger partial charge in [-0.1, -0.05) is 13.5 Å². The second kappa shape index (κ2) is 3.91. The van der Waals surface area contributed by atoms with Crippen LogP contribution in [0.1, 0.15) is 33.1 Å². The van der Waals surface area contributed by atoms with E-state index in [2.05, 4.69) is 13.5 Å². The van der Waals surface area contributed by atoms with Gasteiger partial charge < -0.3 is 4.74 Å². The van der Waals surface area contributed by atoms with Crippen molar-refractivity contribution in [1.82, 2.24) is 0 Å². The van der Waals surface area contributed by atoms with Crippen LogP contribution in [0, 0.1) is 5.92 Å². The zero-order chi connectivity index (χ0) is 8.27. The third-order valence-electron chi connectivity index (χ3n) is 2.40. The first-order chi connectivity index (χ1) is 5.24. The minimum absolute atomic E-state index is 0.351. The fourth-order valence-corrected chi connectivity index (χ4v) is 1.63. The molecule has 0 saturated heterocycles. The molecule has 0 radical (unpaired) electrons. The van der Waals surface area contributed by atoms with Crippen molar-refractivity contribution in [2.75, 3.05) is 6.61 Å². The first-order valence-corrected chi connectivity index (χ1v) is 4.53. The largest absolute Gasteiger partial charge is 0.374 e. The molecule has 1 rings (SSSR count). The summed E-state index contributed by atoms with van der Waals surface area (Å²) in [6, 6.07) is 0. The summed E-state index contributed by atoms with van der Waals surface area (Å²) in [5.41, 5.74) is 1.30. The first-order valence-electron chi connectivity index (χ1n) is 4.53. The maximum Gasteiger partial charge on any atom is 0.0784 e. The van der Waals surface area contributed by atoms with Gasteiger partial charge in [0.1, 0.15) is 0 Å². The summed E-state index contributed by atoms with van der Waals surface area (Å²) in [4.78, 5) is 0. The van der Waals surface area contributed by atoms with Gasteiger partial charge in [0.2, 0.25) is 0 Å². The molecule has 0 amide bonds. The summed E-state index contributed by atoms with van der Waals surface area (Å²) < 4.78 is 5.57. The Balaban J connectivity index is 2.40. The minimum atomic E-state index is 0.351. The minimum Gasteiger partial charge on any atom is -0.374 e. The molecule has 0 N–H and O–H groups in total. The average molecular weight is 154 g/mol. The summed E-state index contributed by atoms with van der Waals surface area (Å²) in [5, 5.41) is 0. The van der Waals surface area contributed by atoms with Gasteiger partial charge in [-0.05, 0) is 37.7 Å². The lowest BCUT2D eigenvalue weighted by Gasteiger charge is -2.28. The fraction of sp³-hybridized carbons (Fsp3) is 0.800. The molecule has 0 aromatic carbocycles. The van der Waals surface area contributed by atoms with E-state index in [-0.39, 0.29) is 0 Å². The molecule has 11 heavy (non-hydrogen) atoms. The van der Waals surface area contributed by atoms with Crippen molar-refractivity contribution in [3.05, 3.63) is 12.2 Å². The van der Waals surface area contributed by atoms with Crippen molar-refractivity contribution < 1.29 is 4.74 Å². The van der Waals surface area contributed by atoms with E-state index in [9.17, 15) is 0 Å². The van der Waals surface area contributed by atoms with Crippen LogP contribution >= 0.6 is 0 Å². The van der Waals surface area contributed by atoms with Crippen LogP contribution in [0.4, 0.5) is 0 Å². The average Bonchev–Trinajstić information content (AvgIpc) is 1.98. The highest BCUT2D eigenvalue weighted by Crippen LogP contribution is 2.28. The molecule has 64 valence electrons. The quantitative estimate of drug-likeness (QED) is 0.556. The Bertz CT molecular complexity index is 140. The van der Waals surface area contributed by atoms with E-state index in [4.69, 9.17) is 4.74 Å². The third-order valence-corrected chi connectivity index (χ3v) is 2.40. The summed E-state index contributed by atoms with van der Waals surface area (Å²) in [6.45, 7) is 9.18. The van der Waals surface area contributed by atoms with E-state index in [0.717, 1.165) is 18.9 Å². The molecule has 1 nitrogen and oxygen atoms in total. The van der Waals surface area contributed by atoms with Gasteiger partial charge >= 0.3 is 0 Å². The Morgan fingerprint density at radius 3 is 3.00 bits per heavy atom. The Kier molecular flexibility index (Phi) is 3.13. The fourth-order valence-electron chi connectivity index (χ4n) is 1.63. The number of rotatable bonds is 2. The van der Waals surface area contributed by atoms with Crippen LogP contribution in [-0.2, 0) is 4.74 Å². The Morgan fingerprint density at radius 2 is 2.36 bits per heavy atom. The molecule has 2 unspecified atom stereocenters. The monoisotopic (exact) mass is 154 g/mol. The van der Waals surface area contributed by atoms with Crippen LogP contribution in [0.2, 0.25) is 0 Å². The van der Waals surface area contributed by atoms with Crippen LogP contribution in [-0.4, -0.2) is 12.7 Å². The van der Waals surface area contributed by atoms with E-state index in [0.29, 0.717) is 6.10 Å². The predicted molar refractivity (Wildman–Crippen MR) is 47.6 cm³/mol. The van der Waals surface area contributed by atoms with E-state index in [1.165, 1.54) is 18.4 Å². The molecule has 1 saturated carbocycles. The summed E-state index contributed by atoms with van der Waals surface area (Å²) in [5.74, 6) is 0.817. The van der Waals surface area contributed by atoms with Crippen LogP contribution in [0.3, 0.4) is 0 Å². The molecule has 0 aromatic heterocycles. The van der Waals surface area contributed by atoms with Gasteiger partial charge in [-0.2, -0.15) is 0 Å². The van der Waals surface area contributed by atoms with Crippen molar-refractivity contribution in [1.29, 1.82) is 0 Å². The molecule has 0 aliphatic heterocycles. The third kappa shape index (κ3) is 2.33. The molecule has 1 heteroatoms. The molecule has 1 fully saturated rings. The van der Waals surface area contributed by atoms with Crippen LogP contribution in [0.15, 0.2) is 12.2 Å². The highest BCUT2D eigenvalue weighted by Gasteiger charge is 2.21. The van der Waals surface area contributed by atoms with E-state index in [1.807, 2.05) is 6.92 Å². The van der Waals surface area contributed by atoms with Gasteiger partial charge in [0.25, 0.3) is 0 Å². The van der Waals surface area contributed by atoms with Gasteiger partial charge in [0, 0.05) is 6.61 Å². The highest BCUT2D eigenvalue weighted by atomic mass is 16.5. The standard InChI is InChI=1S/C10H18O/c1-4-11-10-7-8(2)5-6-9(10)3/h8,10H,3-7H2,1-2H3. The maximum atomic E-state index is 5.57. The van der Waals surface area contributed by atoms with Gasteiger partial charge in [-0.25, -0.2) is 0 Å². The zero-order valence-corrected chi connectivity index (χ0v) is 7.60. The van der Waals surface area contributed by atoms with Gasteiger partial charge in [0.15, 0.2) is 0 Å². The van der Waals surface area contributed by atoms with Crippen molar-refractivity contribution in [2.24, 2.45) is 5.92 Å². The lowest BCUT2D eigenvalue weighted by molar-refractivity contribution is 0.0578. The lowest BCUT2D eigenvalue weighted by Crippen LogP contribution is -2.23. The van der Waals surface area contributed by atoms with Crippen molar-refractivity contribution in [3.63, 3.8) is 0 Å². The smallest absolute Gasteiger partial charge is 0.0784 e. The van der Waals surface area contributed by atoms with Crippen molar-refractivity contribution >= 4 is 0 Å². The van der Waals surface area contributed by atoms with Crippen molar-refractivity contribution in [2.45, 2.75) is 39.2 Å². The van der Waals surface area contributed by atoms with E-state index < -0.39 is 0 Å². The molecule has 0 spiro atoms. The maximum absolute atomic E-state index is 5.57. The predicted octanol–water partition coefficient (Wildman–Crippen LogP) is 2.77. The first kappa shape index (κ1) is 8.79. The molecular formula is C10H18O.